The zero-order valence-corrected chi connectivity index (χ0v) is 6.79. The predicted octanol–water partition coefficient (Wildman–Crippen LogP) is 1.32. The average Bonchev–Trinajstić information content (AvgIpc) is 2.04. The fraction of sp³-hybridized carbons (Fsp3) is 0.286. The van der Waals surface area contributed by atoms with Crippen molar-refractivity contribution in [2.45, 2.75) is 6.43 Å². The van der Waals surface area contributed by atoms with Crippen molar-refractivity contribution in [2.75, 3.05) is 12.8 Å². The van der Waals surface area contributed by atoms with Crippen LogP contribution < -0.4 is 10.5 Å². The molecular weight excluding hydrogens is 182 g/mol. The molecule has 0 unspecified atom stereocenters. The Morgan fingerprint density at radius 2 is 2.23 bits per heavy atom. The molecule has 3 N–H and O–H groups in total. The Kier molecular flexibility index (Phi) is 2.50. The number of methoxy groups -OCH3 is 1. The molecule has 0 radical (unpaired) electrons. The van der Waals surface area contributed by atoms with Crippen LogP contribution in [0, 0.1) is 0 Å². The summed E-state index contributed by atoms with van der Waals surface area (Å²) in [5.74, 6) is -0.533. The maximum absolute atomic E-state index is 12.2. The summed E-state index contributed by atoms with van der Waals surface area (Å²) in [7, 11) is 1.22. The van der Waals surface area contributed by atoms with E-state index in [1.54, 1.807) is 0 Å². The molecule has 0 amide bonds. The van der Waals surface area contributed by atoms with E-state index in [9.17, 15) is 8.78 Å². The van der Waals surface area contributed by atoms with E-state index in [1.807, 2.05) is 0 Å². The molecule has 0 bridgehead atoms. The molecule has 0 fully saturated rings. The SMILES string of the molecule is COc1c(O)cnc(C(F)F)c1N. The van der Waals surface area contributed by atoms with Crippen LogP contribution >= 0.6 is 0 Å². The summed E-state index contributed by atoms with van der Waals surface area (Å²) in [6.07, 6.45) is -1.91. The van der Waals surface area contributed by atoms with Gasteiger partial charge in [0.05, 0.1) is 13.3 Å². The number of hydrogen-bond donors (Lipinski definition) is 2. The van der Waals surface area contributed by atoms with Crippen molar-refractivity contribution in [3.05, 3.63) is 11.9 Å². The number of nitrogens with two attached hydrogens (primary N) is 1. The highest BCUT2D eigenvalue weighted by atomic mass is 19.3. The van der Waals surface area contributed by atoms with Gasteiger partial charge in [-0.1, -0.05) is 0 Å². The lowest BCUT2D eigenvalue weighted by Gasteiger charge is -2.09. The summed E-state index contributed by atoms with van der Waals surface area (Å²) in [6, 6.07) is 0. The minimum absolute atomic E-state index is 0.176. The van der Waals surface area contributed by atoms with E-state index >= 15 is 0 Å². The lowest BCUT2D eigenvalue weighted by Crippen LogP contribution is -2.01. The quantitative estimate of drug-likeness (QED) is 0.737. The Bertz CT molecular complexity index is 318. The molecule has 1 rings (SSSR count). The van der Waals surface area contributed by atoms with Crippen molar-refractivity contribution < 1.29 is 18.6 Å². The predicted molar refractivity (Wildman–Crippen MR) is 41.8 cm³/mol. The molecule has 0 saturated carbocycles. The Balaban J connectivity index is 3.27. The highest BCUT2D eigenvalue weighted by Gasteiger charge is 2.18. The van der Waals surface area contributed by atoms with Crippen LogP contribution in [-0.2, 0) is 0 Å². The van der Waals surface area contributed by atoms with E-state index in [0.29, 0.717) is 0 Å². The molecular formula is C7H8F2N2O2. The van der Waals surface area contributed by atoms with Crippen molar-refractivity contribution in [1.82, 2.24) is 4.98 Å². The summed E-state index contributed by atoms with van der Waals surface area (Å²) in [4.78, 5) is 3.28. The van der Waals surface area contributed by atoms with E-state index in [1.165, 1.54) is 7.11 Å². The Morgan fingerprint density at radius 3 is 2.69 bits per heavy atom. The third-order valence-electron chi connectivity index (χ3n) is 1.49. The average molecular weight is 190 g/mol. The second-order valence-corrected chi connectivity index (χ2v) is 2.28. The smallest absolute Gasteiger partial charge is 0.282 e. The Hall–Kier alpha value is -1.59. The molecule has 0 atom stereocenters. The minimum atomic E-state index is -2.78. The van der Waals surface area contributed by atoms with Gasteiger partial charge in [0.15, 0.2) is 11.5 Å². The van der Waals surface area contributed by atoms with Gasteiger partial charge < -0.3 is 15.6 Å². The fourth-order valence-corrected chi connectivity index (χ4v) is 0.902. The zero-order valence-electron chi connectivity index (χ0n) is 6.79. The van der Waals surface area contributed by atoms with Crippen molar-refractivity contribution in [3.63, 3.8) is 0 Å². The summed E-state index contributed by atoms with van der Waals surface area (Å²) in [6.45, 7) is 0. The van der Waals surface area contributed by atoms with Crippen LogP contribution in [0.1, 0.15) is 12.1 Å². The number of alkyl halides is 2. The molecule has 0 aliphatic rings. The van der Waals surface area contributed by atoms with Crippen LogP contribution in [0.5, 0.6) is 11.5 Å². The van der Waals surface area contributed by atoms with Crippen LogP contribution in [0.4, 0.5) is 14.5 Å². The van der Waals surface area contributed by atoms with Crippen molar-refractivity contribution in [3.8, 4) is 11.5 Å². The first-order valence-electron chi connectivity index (χ1n) is 3.37. The van der Waals surface area contributed by atoms with Gasteiger partial charge in [0.25, 0.3) is 6.43 Å². The summed E-state index contributed by atoms with van der Waals surface area (Å²) in [5.41, 5.74) is 4.34. The normalized spacial score (nSPS) is 10.5. The number of aromatic hydroxyl groups is 1. The molecule has 0 saturated heterocycles. The number of halogens is 2. The molecule has 13 heavy (non-hydrogen) atoms. The van der Waals surface area contributed by atoms with E-state index in [-0.39, 0.29) is 17.2 Å². The van der Waals surface area contributed by atoms with Gasteiger partial charge in [-0.2, -0.15) is 0 Å². The molecule has 0 aliphatic carbocycles. The molecule has 4 nitrogen and oxygen atoms in total. The number of nitrogen functional groups attached to an aromatic ring is 1. The van der Waals surface area contributed by atoms with Crippen LogP contribution in [0.15, 0.2) is 6.20 Å². The van der Waals surface area contributed by atoms with Crippen LogP contribution in [0.3, 0.4) is 0 Å². The van der Waals surface area contributed by atoms with E-state index in [2.05, 4.69) is 9.72 Å². The number of aromatic nitrogens is 1. The molecule has 0 aromatic carbocycles. The topological polar surface area (TPSA) is 68.4 Å². The number of anilines is 1. The maximum Gasteiger partial charge on any atom is 0.282 e. The van der Waals surface area contributed by atoms with Crippen LogP contribution in [0.25, 0.3) is 0 Å². The first-order chi connectivity index (χ1) is 6.07. The monoisotopic (exact) mass is 190 g/mol. The first kappa shape index (κ1) is 9.50. The van der Waals surface area contributed by atoms with Gasteiger partial charge in [-0.3, -0.25) is 0 Å². The van der Waals surface area contributed by atoms with Crippen LogP contribution in [-0.4, -0.2) is 17.2 Å². The molecule has 1 aromatic heterocycles. The number of rotatable bonds is 2. The summed E-state index contributed by atoms with van der Waals surface area (Å²) < 4.78 is 29.0. The first-order valence-corrected chi connectivity index (χ1v) is 3.37. The minimum Gasteiger partial charge on any atom is -0.503 e. The lowest BCUT2D eigenvalue weighted by atomic mass is 10.2. The highest BCUT2D eigenvalue weighted by molar-refractivity contribution is 5.61. The molecule has 0 aliphatic heterocycles. The third-order valence-corrected chi connectivity index (χ3v) is 1.49. The number of ether oxygens (including phenoxy) is 1. The van der Waals surface area contributed by atoms with E-state index in [0.717, 1.165) is 6.20 Å². The van der Waals surface area contributed by atoms with Gasteiger partial charge in [-0.15, -0.1) is 0 Å². The summed E-state index contributed by atoms with van der Waals surface area (Å²) >= 11 is 0. The van der Waals surface area contributed by atoms with Gasteiger partial charge in [0, 0.05) is 0 Å². The number of nitrogens with zero attached hydrogens (tertiary/aromatic N) is 1. The van der Waals surface area contributed by atoms with Crippen LogP contribution in [0.2, 0.25) is 0 Å². The second-order valence-electron chi connectivity index (χ2n) is 2.28. The Labute approximate surface area is 73.0 Å². The molecule has 0 spiro atoms. The maximum atomic E-state index is 12.2. The van der Waals surface area contributed by atoms with Gasteiger partial charge >= 0.3 is 0 Å². The van der Waals surface area contributed by atoms with Crippen molar-refractivity contribution in [1.29, 1.82) is 0 Å². The van der Waals surface area contributed by atoms with Gasteiger partial charge in [0.1, 0.15) is 11.4 Å². The lowest BCUT2D eigenvalue weighted by molar-refractivity contribution is 0.146. The van der Waals surface area contributed by atoms with Crippen molar-refractivity contribution >= 4 is 5.69 Å². The number of pyridine rings is 1. The molecule has 1 heterocycles. The third kappa shape index (κ3) is 1.61. The van der Waals surface area contributed by atoms with Gasteiger partial charge in [-0.05, 0) is 0 Å². The number of hydrogen-bond acceptors (Lipinski definition) is 4. The molecule has 72 valence electrons. The van der Waals surface area contributed by atoms with E-state index < -0.39 is 12.1 Å². The van der Waals surface area contributed by atoms with Gasteiger partial charge in [-0.25, -0.2) is 13.8 Å². The van der Waals surface area contributed by atoms with Gasteiger partial charge in [0.2, 0.25) is 0 Å². The largest absolute Gasteiger partial charge is 0.503 e. The van der Waals surface area contributed by atoms with Crippen molar-refractivity contribution in [2.24, 2.45) is 0 Å². The fourth-order valence-electron chi connectivity index (χ4n) is 0.902. The Morgan fingerprint density at radius 1 is 1.62 bits per heavy atom. The second kappa shape index (κ2) is 3.42. The standard InChI is InChI=1S/C7H8F2N2O2/c1-13-6-3(12)2-11-5(4(6)10)7(8)9/h2,7,12H,10H2,1H3. The molecule has 6 heteroatoms. The highest BCUT2D eigenvalue weighted by Crippen LogP contribution is 2.36. The zero-order chi connectivity index (χ0) is 10.0. The van der Waals surface area contributed by atoms with E-state index in [4.69, 9.17) is 10.8 Å². The summed E-state index contributed by atoms with van der Waals surface area (Å²) in [5, 5.41) is 9.09. The molecule has 1 aromatic rings.